The first kappa shape index (κ1) is 20.6. The monoisotopic (exact) mass is 402 g/mol. The van der Waals surface area contributed by atoms with Crippen molar-refractivity contribution in [2.45, 2.75) is 11.8 Å². The van der Waals surface area contributed by atoms with E-state index >= 15 is 0 Å². The third-order valence-corrected chi connectivity index (χ3v) is 5.17. The number of morpholine rings is 1. The molecule has 0 unspecified atom stereocenters. The Morgan fingerprint density at radius 2 is 2.00 bits per heavy atom. The lowest BCUT2D eigenvalue weighted by Crippen LogP contribution is -2.38. The fraction of sp³-hybridized carbons (Fsp3) is 0.400. The van der Waals surface area contributed by atoms with E-state index < -0.39 is 0 Å². The van der Waals surface area contributed by atoms with Crippen LogP contribution in [0, 0.1) is 6.92 Å². The zero-order chi connectivity index (χ0) is 19.8. The highest BCUT2D eigenvalue weighted by Gasteiger charge is 2.14. The van der Waals surface area contributed by atoms with Crippen molar-refractivity contribution in [3.05, 3.63) is 47.7 Å². The smallest absolute Gasteiger partial charge is 0.230 e. The summed E-state index contributed by atoms with van der Waals surface area (Å²) in [4.78, 5) is 12.5. The van der Waals surface area contributed by atoms with Gasteiger partial charge in [-0.15, -0.1) is 11.8 Å². The molecule has 2 aromatic rings. The largest absolute Gasteiger partial charge is 0.438 e. The van der Waals surface area contributed by atoms with Crippen LogP contribution in [0.4, 0.5) is 0 Å². The van der Waals surface area contributed by atoms with Crippen LogP contribution in [-0.2, 0) is 4.74 Å². The first-order valence-electron chi connectivity index (χ1n) is 9.24. The molecular formula is C20H26N4O3S. The Bertz CT molecular complexity index is 793. The SMILES string of the molecule is CSc1ccc(Oc2nc(C)ccc2C(=NCCN2CCOCC2)NO)cc1. The summed E-state index contributed by atoms with van der Waals surface area (Å²) in [5.74, 6) is 1.43. The van der Waals surface area contributed by atoms with Gasteiger partial charge in [0.05, 0.1) is 25.3 Å². The molecule has 1 aliphatic heterocycles. The van der Waals surface area contributed by atoms with Gasteiger partial charge in [-0.2, -0.15) is 0 Å². The molecule has 150 valence electrons. The summed E-state index contributed by atoms with van der Waals surface area (Å²) < 4.78 is 11.3. The van der Waals surface area contributed by atoms with E-state index in [0.717, 1.165) is 43.4 Å². The second-order valence-electron chi connectivity index (χ2n) is 6.38. The zero-order valence-corrected chi connectivity index (χ0v) is 17.0. The third-order valence-electron chi connectivity index (χ3n) is 4.42. The van der Waals surface area contributed by atoms with Crippen molar-refractivity contribution in [1.82, 2.24) is 15.4 Å². The number of hydroxylamine groups is 1. The minimum Gasteiger partial charge on any atom is -0.438 e. The van der Waals surface area contributed by atoms with Crippen LogP contribution in [0.25, 0.3) is 0 Å². The molecule has 0 aliphatic carbocycles. The summed E-state index contributed by atoms with van der Waals surface area (Å²) in [5.41, 5.74) is 3.64. The predicted molar refractivity (Wildman–Crippen MR) is 111 cm³/mol. The van der Waals surface area contributed by atoms with Crippen LogP contribution in [-0.4, -0.2) is 66.6 Å². The predicted octanol–water partition coefficient (Wildman–Crippen LogP) is 2.96. The van der Waals surface area contributed by atoms with E-state index in [2.05, 4.69) is 20.4 Å². The molecule has 0 radical (unpaired) electrons. The summed E-state index contributed by atoms with van der Waals surface area (Å²) in [7, 11) is 0. The minimum absolute atomic E-state index is 0.344. The number of nitrogens with zero attached hydrogens (tertiary/aromatic N) is 3. The van der Waals surface area contributed by atoms with Crippen LogP contribution in [0.15, 0.2) is 46.3 Å². The molecule has 2 heterocycles. The molecule has 1 saturated heterocycles. The van der Waals surface area contributed by atoms with Gasteiger partial charge in [-0.05, 0) is 49.6 Å². The number of amidine groups is 1. The standard InChI is InChI=1S/C20H26N4O3S/c1-15-3-8-18(19(23-25)21-9-10-24-11-13-26-14-12-24)20(22-15)27-16-4-6-17(28-2)7-5-16/h3-8,25H,9-14H2,1-2H3,(H,21,23). The van der Waals surface area contributed by atoms with Gasteiger partial charge in [-0.1, -0.05) is 0 Å². The molecule has 1 fully saturated rings. The van der Waals surface area contributed by atoms with Gasteiger partial charge in [0.1, 0.15) is 5.75 Å². The molecule has 1 aliphatic rings. The van der Waals surface area contributed by atoms with Gasteiger partial charge in [0.2, 0.25) is 5.88 Å². The van der Waals surface area contributed by atoms with E-state index in [-0.39, 0.29) is 0 Å². The number of aromatic nitrogens is 1. The molecule has 8 heteroatoms. The molecule has 0 atom stereocenters. The molecule has 1 aromatic carbocycles. The van der Waals surface area contributed by atoms with Gasteiger partial charge in [0.15, 0.2) is 5.84 Å². The Balaban J connectivity index is 1.75. The van der Waals surface area contributed by atoms with Crippen LogP contribution >= 0.6 is 11.8 Å². The number of thioether (sulfide) groups is 1. The number of aryl methyl sites for hydroxylation is 1. The first-order valence-corrected chi connectivity index (χ1v) is 10.5. The topological polar surface area (TPSA) is 79.2 Å². The van der Waals surface area contributed by atoms with Crippen LogP contribution < -0.4 is 10.2 Å². The number of nitrogens with one attached hydrogen (secondary N) is 1. The van der Waals surface area contributed by atoms with Crippen LogP contribution in [0.3, 0.4) is 0 Å². The molecule has 0 amide bonds. The van der Waals surface area contributed by atoms with E-state index in [9.17, 15) is 5.21 Å². The van der Waals surface area contributed by atoms with Crippen molar-refractivity contribution in [3.63, 3.8) is 0 Å². The fourth-order valence-corrected chi connectivity index (χ4v) is 3.26. The highest BCUT2D eigenvalue weighted by Crippen LogP contribution is 2.26. The Morgan fingerprint density at radius 1 is 1.25 bits per heavy atom. The van der Waals surface area contributed by atoms with E-state index in [1.54, 1.807) is 11.8 Å². The van der Waals surface area contributed by atoms with Gasteiger partial charge in [0.25, 0.3) is 0 Å². The number of aliphatic imine (C=N–C) groups is 1. The molecule has 0 spiro atoms. The fourth-order valence-electron chi connectivity index (χ4n) is 2.86. The number of ether oxygens (including phenoxy) is 2. The maximum absolute atomic E-state index is 9.64. The summed E-state index contributed by atoms with van der Waals surface area (Å²) >= 11 is 1.67. The molecule has 3 rings (SSSR count). The van der Waals surface area contributed by atoms with Crippen molar-refractivity contribution in [3.8, 4) is 11.6 Å². The second-order valence-corrected chi connectivity index (χ2v) is 7.26. The van der Waals surface area contributed by atoms with Crippen molar-refractivity contribution in [2.24, 2.45) is 4.99 Å². The van der Waals surface area contributed by atoms with Crippen LogP contribution in [0.5, 0.6) is 11.6 Å². The van der Waals surface area contributed by atoms with Gasteiger partial charge < -0.3 is 9.47 Å². The van der Waals surface area contributed by atoms with E-state index in [1.807, 2.05) is 49.6 Å². The normalized spacial score (nSPS) is 15.5. The number of benzene rings is 1. The highest BCUT2D eigenvalue weighted by atomic mass is 32.2. The number of hydrogen-bond donors (Lipinski definition) is 2. The molecule has 0 bridgehead atoms. The summed E-state index contributed by atoms with van der Waals surface area (Å²) in [6, 6.07) is 11.5. The van der Waals surface area contributed by atoms with Crippen molar-refractivity contribution in [2.75, 3.05) is 45.6 Å². The Labute approximate surface area is 169 Å². The maximum atomic E-state index is 9.64. The summed E-state index contributed by atoms with van der Waals surface area (Å²) in [6.07, 6.45) is 2.03. The van der Waals surface area contributed by atoms with Gasteiger partial charge in [-0.3, -0.25) is 20.6 Å². The number of hydrogen-bond acceptors (Lipinski definition) is 7. The van der Waals surface area contributed by atoms with E-state index in [1.165, 1.54) is 0 Å². The van der Waals surface area contributed by atoms with Crippen LogP contribution in [0.1, 0.15) is 11.3 Å². The van der Waals surface area contributed by atoms with Gasteiger partial charge >= 0.3 is 0 Å². The lowest BCUT2D eigenvalue weighted by Gasteiger charge is -2.25. The molecular weight excluding hydrogens is 376 g/mol. The number of pyridine rings is 1. The molecule has 28 heavy (non-hydrogen) atoms. The van der Waals surface area contributed by atoms with Crippen molar-refractivity contribution < 1.29 is 14.7 Å². The maximum Gasteiger partial charge on any atom is 0.230 e. The van der Waals surface area contributed by atoms with Crippen molar-refractivity contribution in [1.29, 1.82) is 0 Å². The summed E-state index contributed by atoms with van der Waals surface area (Å²) in [5, 5.41) is 9.64. The van der Waals surface area contributed by atoms with Gasteiger partial charge in [0, 0.05) is 30.2 Å². The van der Waals surface area contributed by atoms with E-state index in [4.69, 9.17) is 9.47 Å². The average Bonchev–Trinajstić information content (AvgIpc) is 2.73. The highest BCUT2D eigenvalue weighted by molar-refractivity contribution is 7.98. The molecule has 7 nitrogen and oxygen atoms in total. The van der Waals surface area contributed by atoms with Crippen molar-refractivity contribution >= 4 is 17.6 Å². The Hall–Kier alpha value is -2.13. The van der Waals surface area contributed by atoms with E-state index in [0.29, 0.717) is 29.6 Å². The number of rotatable bonds is 7. The van der Waals surface area contributed by atoms with Gasteiger partial charge in [-0.25, -0.2) is 4.98 Å². The minimum atomic E-state index is 0.344. The quantitative estimate of drug-likeness (QED) is 0.319. The second kappa shape index (κ2) is 10.4. The lowest BCUT2D eigenvalue weighted by molar-refractivity contribution is 0.0394. The average molecular weight is 403 g/mol. The molecule has 1 aromatic heterocycles. The first-order chi connectivity index (χ1) is 13.7. The Morgan fingerprint density at radius 3 is 2.68 bits per heavy atom. The third kappa shape index (κ3) is 5.68. The Kier molecular flexibility index (Phi) is 7.67. The van der Waals surface area contributed by atoms with Crippen LogP contribution in [0.2, 0.25) is 0 Å². The molecule has 2 N–H and O–H groups in total. The summed E-state index contributed by atoms with van der Waals surface area (Å²) in [6.45, 7) is 6.58. The molecule has 0 saturated carbocycles. The lowest BCUT2D eigenvalue weighted by atomic mass is 10.2. The zero-order valence-electron chi connectivity index (χ0n) is 16.2.